The average Bonchev–Trinajstić information content (AvgIpc) is 3.35. The summed E-state index contributed by atoms with van der Waals surface area (Å²) in [6.07, 6.45) is 6.38. The van der Waals surface area contributed by atoms with Crippen molar-refractivity contribution in [3.05, 3.63) is 17.1 Å². The van der Waals surface area contributed by atoms with Gasteiger partial charge in [-0.2, -0.15) is 5.10 Å². The lowest BCUT2D eigenvalue weighted by Gasteiger charge is -2.21. The van der Waals surface area contributed by atoms with Crippen molar-refractivity contribution < 1.29 is 4.79 Å². The van der Waals surface area contributed by atoms with Crippen molar-refractivity contribution in [2.45, 2.75) is 31.7 Å². The molecule has 2 heterocycles. The van der Waals surface area contributed by atoms with Crippen molar-refractivity contribution in [2.24, 2.45) is 5.92 Å². The molecular formula is C14H16N4OS. The van der Waals surface area contributed by atoms with Crippen LogP contribution in [0, 0.1) is 5.92 Å². The summed E-state index contributed by atoms with van der Waals surface area (Å²) in [5, 5.41) is 8.76. The Labute approximate surface area is 120 Å². The summed E-state index contributed by atoms with van der Waals surface area (Å²) >= 11 is 1.36. The van der Waals surface area contributed by atoms with Crippen molar-refractivity contribution in [3.63, 3.8) is 0 Å². The number of fused-ring (bicyclic) bond motifs is 1. The highest BCUT2D eigenvalue weighted by molar-refractivity contribution is 7.21. The van der Waals surface area contributed by atoms with E-state index in [-0.39, 0.29) is 5.91 Å². The van der Waals surface area contributed by atoms with E-state index in [1.54, 1.807) is 6.20 Å². The first-order valence-electron chi connectivity index (χ1n) is 7.04. The number of amides is 1. The van der Waals surface area contributed by atoms with E-state index in [9.17, 15) is 4.79 Å². The number of aromatic nitrogens is 2. The maximum atomic E-state index is 12.8. The number of nitrogens with two attached hydrogens (primary N) is 1. The number of carbonyl (C=O) groups is 1. The Balaban J connectivity index is 1.69. The average molecular weight is 288 g/mol. The van der Waals surface area contributed by atoms with E-state index >= 15 is 0 Å². The van der Waals surface area contributed by atoms with Crippen LogP contribution in [0.4, 0.5) is 5.69 Å². The van der Waals surface area contributed by atoms with Crippen molar-refractivity contribution in [2.75, 3.05) is 12.3 Å². The Morgan fingerprint density at radius 3 is 2.85 bits per heavy atom. The highest BCUT2D eigenvalue weighted by atomic mass is 32.1. The molecule has 2 aromatic rings. The van der Waals surface area contributed by atoms with Gasteiger partial charge < -0.3 is 10.6 Å². The SMILES string of the molecule is Nc1c(C(=O)N(CC2CC2)C2CC2)sc2nnccc12. The Morgan fingerprint density at radius 2 is 2.20 bits per heavy atom. The van der Waals surface area contributed by atoms with Crippen LogP contribution in [-0.4, -0.2) is 33.6 Å². The third-order valence-corrected chi connectivity index (χ3v) is 5.11. The third-order valence-electron chi connectivity index (χ3n) is 4.01. The molecule has 0 bridgehead atoms. The first-order valence-corrected chi connectivity index (χ1v) is 7.86. The van der Waals surface area contributed by atoms with Crippen LogP contribution in [0.2, 0.25) is 0 Å². The Hall–Kier alpha value is -1.69. The normalized spacial score (nSPS) is 18.4. The van der Waals surface area contributed by atoms with Gasteiger partial charge in [0, 0.05) is 18.0 Å². The molecule has 0 radical (unpaired) electrons. The molecule has 2 aliphatic rings. The third kappa shape index (κ3) is 2.04. The molecule has 0 saturated heterocycles. The van der Waals surface area contributed by atoms with E-state index in [2.05, 4.69) is 10.2 Å². The van der Waals surface area contributed by atoms with E-state index in [0.717, 1.165) is 29.6 Å². The number of hydrogen-bond donors (Lipinski definition) is 1. The minimum Gasteiger partial charge on any atom is -0.397 e. The number of nitrogens with zero attached hydrogens (tertiary/aromatic N) is 3. The number of thiophene rings is 1. The van der Waals surface area contributed by atoms with Gasteiger partial charge in [0.1, 0.15) is 9.71 Å². The molecule has 5 nitrogen and oxygen atoms in total. The lowest BCUT2D eigenvalue weighted by Crippen LogP contribution is -2.34. The van der Waals surface area contributed by atoms with Crippen LogP contribution in [0.25, 0.3) is 10.2 Å². The van der Waals surface area contributed by atoms with Gasteiger partial charge in [0.2, 0.25) is 0 Å². The summed E-state index contributed by atoms with van der Waals surface area (Å²) < 4.78 is 0. The fraction of sp³-hybridized carbons (Fsp3) is 0.500. The molecule has 2 fully saturated rings. The van der Waals surface area contributed by atoms with Crippen LogP contribution in [0.1, 0.15) is 35.4 Å². The van der Waals surface area contributed by atoms with Gasteiger partial charge in [-0.1, -0.05) is 0 Å². The van der Waals surface area contributed by atoms with E-state index in [0.29, 0.717) is 22.5 Å². The summed E-state index contributed by atoms with van der Waals surface area (Å²) in [5.41, 5.74) is 6.70. The van der Waals surface area contributed by atoms with Gasteiger partial charge in [-0.3, -0.25) is 4.79 Å². The molecule has 2 N–H and O–H groups in total. The van der Waals surface area contributed by atoms with Gasteiger partial charge >= 0.3 is 0 Å². The number of nitrogen functional groups attached to an aromatic ring is 1. The number of anilines is 1. The van der Waals surface area contributed by atoms with Gasteiger partial charge in [-0.25, -0.2) is 0 Å². The Kier molecular flexibility index (Phi) is 2.66. The van der Waals surface area contributed by atoms with Crippen molar-refractivity contribution in [3.8, 4) is 0 Å². The molecule has 2 aromatic heterocycles. The molecule has 4 rings (SSSR count). The summed E-state index contributed by atoms with van der Waals surface area (Å²) in [4.78, 5) is 16.2. The summed E-state index contributed by atoms with van der Waals surface area (Å²) in [6.45, 7) is 0.892. The quantitative estimate of drug-likeness (QED) is 0.937. The Bertz CT molecular complexity index is 675. The summed E-state index contributed by atoms with van der Waals surface area (Å²) in [5.74, 6) is 0.787. The minimum absolute atomic E-state index is 0.0832. The molecule has 2 saturated carbocycles. The van der Waals surface area contributed by atoms with Crippen LogP contribution >= 0.6 is 11.3 Å². The molecule has 2 aliphatic carbocycles. The zero-order chi connectivity index (χ0) is 13.7. The monoisotopic (exact) mass is 288 g/mol. The predicted octanol–water partition coefficient (Wildman–Crippen LogP) is 2.29. The van der Waals surface area contributed by atoms with E-state index in [1.807, 2.05) is 11.0 Å². The molecule has 0 spiro atoms. The van der Waals surface area contributed by atoms with Gasteiger partial charge in [0.25, 0.3) is 5.91 Å². The van der Waals surface area contributed by atoms with E-state index < -0.39 is 0 Å². The van der Waals surface area contributed by atoms with Crippen molar-refractivity contribution in [1.29, 1.82) is 0 Å². The van der Waals surface area contributed by atoms with Crippen LogP contribution < -0.4 is 5.73 Å². The fourth-order valence-electron chi connectivity index (χ4n) is 2.53. The second-order valence-corrected chi connectivity index (χ2v) is 6.73. The lowest BCUT2D eigenvalue weighted by molar-refractivity contribution is 0.0741. The maximum absolute atomic E-state index is 12.8. The van der Waals surface area contributed by atoms with E-state index in [4.69, 9.17) is 5.73 Å². The molecule has 104 valence electrons. The van der Waals surface area contributed by atoms with Crippen molar-refractivity contribution >= 4 is 33.1 Å². The number of hydrogen-bond acceptors (Lipinski definition) is 5. The predicted molar refractivity (Wildman–Crippen MR) is 78.6 cm³/mol. The van der Waals surface area contributed by atoms with Gasteiger partial charge in [-0.05, 0) is 37.7 Å². The molecular weight excluding hydrogens is 272 g/mol. The topological polar surface area (TPSA) is 72.1 Å². The number of carbonyl (C=O) groups excluding carboxylic acids is 1. The molecule has 20 heavy (non-hydrogen) atoms. The summed E-state index contributed by atoms with van der Waals surface area (Å²) in [6, 6.07) is 2.26. The first kappa shape index (κ1) is 12.1. The second kappa shape index (κ2) is 4.41. The molecule has 1 amide bonds. The molecule has 0 atom stereocenters. The van der Waals surface area contributed by atoms with Gasteiger partial charge in [-0.15, -0.1) is 16.4 Å². The fourth-order valence-corrected chi connectivity index (χ4v) is 3.52. The zero-order valence-electron chi connectivity index (χ0n) is 11.1. The van der Waals surface area contributed by atoms with Crippen molar-refractivity contribution in [1.82, 2.24) is 15.1 Å². The zero-order valence-corrected chi connectivity index (χ0v) is 11.9. The highest BCUT2D eigenvalue weighted by Crippen LogP contribution is 2.38. The van der Waals surface area contributed by atoms with E-state index in [1.165, 1.54) is 24.2 Å². The molecule has 0 aliphatic heterocycles. The van der Waals surface area contributed by atoms with Crippen LogP contribution in [0.5, 0.6) is 0 Å². The Morgan fingerprint density at radius 1 is 1.40 bits per heavy atom. The van der Waals surface area contributed by atoms with Gasteiger partial charge in [0.15, 0.2) is 0 Å². The smallest absolute Gasteiger partial charge is 0.266 e. The first-order chi connectivity index (χ1) is 9.74. The van der Waals surface area contributed by atoms with Gasteiger partial charge in [0.05, 0.1) is 11.9 Å². The lowest BCUT2D eigenvalue weighted by atomic mass is 10.2. The highest BCUT2D eigenvalue weighted by Gasteiger charge is 2.38. The summed E-state index contributed by atoms with van der Waals surface area (Å²) in [7, 11) is 0. The van der Waals surface area contributed by atoms with Crippen LogP contribution in [0.3, 0.4) is 0 Å². The number of rotatable bonds is 4. The molecule has 6 heteroatoms. The minimum atomic E-state index is 0.0832. The molecule has 0 unspecified atom stereocenters. The standard InChI is InChI=1S/C14H16N4OS/c15-11-10-5-6-16-17-13(10)20-12(11)14(19)18(9-3-4-9)7-8-1-2-8/h5-6,8-9H,1-4,7,15H2. The molecule has 0 aromatic carbocycles. The second-order valence-electron chi connectivity index (χ2n) is 5.73. The maximum Gasteiger partial charge on any atom is 0.266 e. The van der Waals surface area contributed by atoms with Crippen LogP contribution in [-0.2, 0) is 0 Å². The van der Waals surface area contributed by atoms with Crippen LogP contribution in [0.15, 0.2) is 12.3 Å². The largest absolute Gasteiger partial charge is 0.397 e.